The third kappa shape index (κ3) is 4.13. The Labute approximate surface area is 155 Å². The summed E-state index contributed by atoms with van der Waals surface area (Å²) in [6.07, 6.45) is 4.45. The van der Waals surface area contributed by atoms with Gasteiger partial charge in [0, 0.05) is 22.4 Å². The van der Waals surface area contributed by atoms with E-state index in [0.717, 1.165) is 24.9 Å². The van der Waals surface area contributed by atoms with Gasteiger partial charge in [-0.05, 0) is 61.1 Å². The summed E-state index contributed by atoms with van der Waals surface area (Å²) in [6, 6.07) is 13.2. The summed E-state index contributed by atoms with van der Waals surface area (Å²) in [5, 5.41) is 5.92. The van der Waals surface area contributed by atoms with Crippen LogP contribution in [-0.2, 0) is 17.6 Å². The van der Waals surface area contributed by atoms with Gasteiger partial charge in [0.05, 0.1) is 0 Å². The Morgan fingerprint density at radius 2 is 1.65 bits per heavy atom. The topological polar surface area (TPSA) is 58.2 Å². The van der Waals surface area contributed by atoms with Crippen LogP contribution in [0.5, 0.6) is 0 Å². The standard InChI is InChI=1S/C22H26N2O2/c1-22(2,3)21(26)23-17-11-6-10-16(14-17)20(25)24-19-13-7-9-15-8-4-5-12-18(15)19/h6-7,9-11,13-14H,4-5,8,12H2,1-3H3,(H,23,26)(H,24,25). The first-order chi connectivity index (χ1) is 12.3. The van der Waals surface area contributed by atoms with Crippen molar-refractivity contribution in [2.75, 3.05) is 10.6 Å². The lowest BCUT2D eigenvalue weighted by atomic mass is 9.90. The molecule has 2 aromatic carbocycles. The van der Waals surface area contributed by atoms with Gasteiger partial charge in [-0.3, -0.25) is 9.59 Å². The fourth-order valence-electron chi connectivity index (χ4n) is 3.15. The number of carbonyl (C=O) groups is 2. The molecule has 0 spiro atoms. The molecule has 26 heavy (non-hydrogen) atoms. The Kier molecular flexibility index (Phi) is 5.12. The molecule has 2 aromatic rings. The number of amides is 2. The molecule has 0 atom stereocenters. The maximum absolute atomic E-state index is 12.7. The monoisotopic (exact) mass is 350 g/mol. The zero-order chi connectivity index (χ0) is 18.7. The predicted octanol–water partition coefficient (Wildman–Crippen LogP) is 4.80. The Morgan fingerprint density at radius 1 is 0.923 bits per heavy atom. The van der Waals surface area contributed by atoms with E-state index in [1.807, 2.05) is 32.9 Å². The van der Waals surface area contributed by atoms with Crippen LogP contribution in [0.25, 0.3) is 0 Å². The summed E-state index contributed by atoms with van der Waals surface area (Å²) < 4.78 is 0. The largest absolute Gasteiger partial charge is 0.326 e. The van der Waals surface area contributed by atoms with Crippen LogP contribution in [0.1, 0.15) is 55.1 Å². The van der Waals surface area contributed by atoms with Gasteiger partial charge in [-0.25, -0.2) is 0 Å². The minimum atomic E-state index is -0.485. The fourth-order valence-corrected chi connectivity index (χ4v) is 3.15. The first-order valence-corrected chi connectivity index (χ1v) is 9.18. The van der Waals surface area contributed by atoms with E-state index < -0.39 is 5.41 Å². The average Bonchev–Trinajstić information content (AvgIpc) is 2.61. The third-order valence-corrected chi connectivity index (χ3v) is 4.71. The van der Waals surface area contributed by atoms with Gasteiger partial charge in [0.15, 0.2) is 0 Å². The van der Waals surface area contributed by atoms with Gasteiger partial charge < -0.3 is 10.6 Å². The quantitative estimate of drug-likeness (QED) is 0.835. The molecule has 0 aromatic heterocycles. The highest BCUT2D eigenvalue weighted by molar-refractivity contribution is 6.06. The second-order valence-corrected chi connectivity index (χ2v) is 7.89. The zero-order valence-electron chi connectivity index (χ0n) is 15.7. The van der Waals surface area contributed by atoms with E-state index in [2.05, 4.69) is 16.7 Å². The molecule has 4 nitrogen and oxygen atoms in total. The van der Waals surface area contributed by atoms with Gasteiger partial charge in [0.25, 0.3) is 5.91 Å². The maximum Gasteiger partial charge on any atom is 0.255 e. The van der Waals surface area contributed by atoms with Gasteiger partial charge in [-0.1, -0.05) is 39.0 Å². The molecule has 0 saturated carbocycles. The van der Waals surface area contributed by atoms with Crippen LogP contribution < -0.4 is 10.6 Å². The molecule has 4 heteroatoms. The minimum Gasteiger partial charge on any atom is -0.326 e. The minimum absolute atomic E-state index is 0.0767. The number of nitrogens with one attached hydrogen (secondary N) is 2. The van der Waals surface area contributed by atoms with E-state index in [1.54, 1.807) is 24.3 Å². The summed E-state index contributed by atoms with van der Waals surface area (Å²) in [5.74, 6) is -0.233. The van der Waals surface area contributed by atoms with E-state index in [1.165, 1.54) is 17.5 Å². The van der Waals surface area contributed by atoms with Crippen LogP contribution in [0.4, 0.5) is 11.4 Å². The van der Waals surface area contributed by atoms with Crippen LogP contribution in [0, 0.1) is 5.41 Å². The number of fused-ring (bicyclic) bond motifs is 1. The Balaban J connectivity index is 1.77. The van der Waals surface area contributed by atoms with Crippen molar-refractivity contribution in [2.24, 2.45) is 5.41 Å². The SMILES string of the molecule is CC(C)(C)C(=O)Nc1cccc(C(=O)Nc2cccc3c2CCCC3)c1. The summed E-state index contributed by atoms with van der Waals surface area (Å²) in [4.78, 5) is 24.9. The van der Waals surface area contributed by atoms with Crippen LogP contribution in [0.15, 0.2) is 42.5 Å². The van der Waals surface area contributed by atoms with Crippen molar-refractivity contribution in [1.82, 2.24) is 0 Å². The highest BCUT2D eigenvalue weighted by atomic mass is 16.2. The van der Waals surface area contributed by atoms with Crippen LogP contribution in [-0.4, -0.2) is 11.8 Å². The highest BCUT2D eigenvalue weighted by Crippen LogP contribution is 2.28. The van der Waals surface area contributed by atoms with Crippen molar-refractivity contribution < 1.29 is 9.59 Å². The number of carbonyl (C=O) groups excluding carboxylic acids is 2. The molecule has 0 saturated heterocycles. The van der Waals surface area contributed by atoms with Gasteiger partial charge in [0.1, 0.15) is 0 Å². The van der Waals surface area contributed by atoms with Crippen LogP contribution in [0.2, 0.25) is 0 Å². The molecular weight excluding hydrogens is 324 g/mol. The van der Waals surface area contributed by atoms with Gasteiger partial charge in [-0.2, -0.15) is 0 Å². The van der Waals surface area contributed by atoms with Crippen LogP contribution >= 0.6 is 0 Å². The van der Waals surface area contributed by atoms with Gasteiger partial charge >= 0.3 is 0 Å². The lowest BCUT2D eigenvalue weighted by molar-refractivity contribution is -0.123. The number of hydrogen-bond donors (Lipinski definition) is 2. The normalized spacial score (nSPS) is 13.7. The maximum atomic E-state index is 12.7. The second kappa shape index (κ2) is 7.32. The number of anilines is 2. The lowest BCUT2D eigenvalue weighted by Crippen LogP contribution is -2.27. The molecule has 0 bridgehead atoms. The zero-order valence-corrected chi connectivity index (χ0v) is 15.7. The molecule has 2 amide bonds. The highest BCUT2D eigenvalue weighted by Gasteiger charge is 2.21. The smallest absolute Gasteiger partial charge is 0.255 e. The molecule has 0 unspecified atom stereocenters. The molecule has 2 N–H and O–H groups in total. The number of benzene rings is 2. The van der Waals surface area contributed by atoms with E-state index >= 15 is 0 Å². The predicted molar refractivity (Wildman–Crippen MR) is 106 cm³/mol. The average molecular weight is 350 g/mol. The summed E-state index contributed by atoms with van der Waals surface area (Å²) >= 11 is 0. The second-order valence-electron chi connectivity index (χ2n) is 7.89. The molecule has 0 radical (unpaired) electrons. The van der Waals surface area contributed by atoms with Crippen molar-refractivity contribution in [3.63, 3.8) is 0 Å². The fraction of sp³-hybridized carbons (Fsp3) is 0.364. The number of aryl methyl sites for hydroxylation is 1. The molecule has 0 aliphatic heterocycles. The van der Waals surface area contributed by atoms with Gasteiger partial charge in [0.2, 0.25) is 5.91 Å². The van der Waals surface area contributed by atoms with Crippen molar-refractivity contribution >= 4 is 23.2 Å². The molecule has 1 aliphatic carbocycles. The summed E-state index contributed by atoms with van der Waals surface area (Å²) in [7, 11) is 0. The van der Waals surface area contributed by atoms with Gasteiger partial charge in [-0.15, -0.1) is 0 Å². The van der Waals surface area contributed by atoms with E-state index in [0.29, 0.717) is 11.3 Å². The van der Waals surface area contributed by atoms with E-state index in [9.17, 15) is 9.59 Å². The molecule has 0 fully saturated rings. The van der Waals surface area contributed by atoms with Crippen molar-refractivity contribution in [1.29, 1.82) is 0 Å². The van der Waals surface area contributed by atoms with Crippen molar-refractivity contribution in [3.8, 4) is 0 Å². The van der Waals surface area contributed by atoms with E-state index in [-0.39, 0.29) is 11.8 Å². The molecule has 0 heterocycles. The molecule has 3 rings (SSSR count). The molecular formula is C22H26N2O2. The Morgan fingerprint density at radius 3 is 2.42 bits per heavy atom. The molecule has 1 aliphatic rings. The number of hydrogen-bond acceptors (Lipinski definition) is 2. The Hall–Kier alpha value is -2.62. The first-order valence-electron chi connectivity index (χ1n) is 9.18. The van der Waals surface area contributed by atoms with E-state index in [4.69, 9.17) is 0 Å². The first kappa shape index (κ1) is 18.2. The van der Waals surface area contributed by atoms with Crippen molar-refractivity contribution in [3.05, 3.63) is 59.2 Å². The lowest BCUT2D eigenvalue weighted by Gasteiger charge is -2.20. The summed E-state index contributed by atoms with van der Waals surface area (Å²) in [5.41, 5.74) is 4.17. The Bertz CT molecular complexity index is 834. The number of rotatable bonds is 3. The third-order valence-electron chi connectivity index (χ3n) is 4.71. The summed E-state index contributed by atoms with van der Waals surface area (Å²) in [6.45, 7) is 5.58. The molecule has 136 valence electrons. The van der Waals surface area contributed by atoms with Crippen LogP contribution in [0.3, 0.4) is 0 Å². The van der Waals surface area contributed by atoms with Crippen molar-refractivity contribution in [2.45, 2.75) is 46.5 Å².